The largest absolute Gasteiger partial charge is 0.471 e. The molecule has 32 heavy (non-hydrogen) atoms. The van der Waals surface area contributed by atoms with E-state index in [1.165, 1.54) is 35.1 Å². The summed E-state index contributed by atoms with van der Waals surface area (Å²) in [6, 6.07) is 12.8. The van der Waals surface area contributed by atoms with Gasteiger partial charge in [0.05, 0.1) is 24.7 Å². The molecule has 0 aliphatic heterocycles. The standard InChI is InChI=1S/C21H18ClF4N3O3/c22-16-5-2-6-18(8-16)32-13-29-10-17(9-27-29)28-19(30)15-4-1-3-14(7-15)11-31-12-21(25,26)20(23)24/h1-10,20H,11-13H2,(H,28,30). The highest BCUT2D eigenvalue weighted by Crippen LogP contribution is 2.23. The summed E-state index contributed by atoms with van der Waals surface area (Å²) in [5.41, 5.74) is 1.02. The first-order valence-corrected chi connectivity index (χ1v) is 9.65. The third kappa shape index (κ3) is 6.69. The second-order valence-electron chi connectivity index (χ2n) is 6.71. The number of nitrogens with one attached hydrogen (secondary N) is 1. The van der Waals surface area contributed by atoms with Gasteiger partial charge >= 0.3 is 12.3 Å². The van der Waals surface area contributed by atoms with E-state index in [1.54, 1.807) is 30.5 Å². The smallest absolute Gasteiger partial charge is 0.330 e. The predicted molar refractivity (Wildman–Crippen MR) is 109 cm³/mol. The topological polar surface area (TPSA) is 65.4 Å². The number of benzene rings is 2. The molecule has 3 rings (SSSR count). The number of halogens is 5. The summed E-state index contributed by atoms with van der Waals surface area (Å²) in [6.07, 6.45) is -0.822. The van der Waals surface area contributed by atoms with Gasteiger partial charge in [-0.3, -0.25) is 4.79 Å². The number of hydrogen-bond donors (Lipinski definition) is 1. The maximum absolute atomic E-state index is 12.9. The number of nitrogens with zero attached hydrogens (tertiary/aromatic N) is 2. The van der Waals surface area contributed by atoms with Gasteiger partial charge in [0.15, 0.2) is 6.73 Å². The molecule has 0 spiro atoms. The van der Waals surface area contributed by atoms with Crippen LogP contribution in [0, 0.1) is 0 Å². The van der Waals surface area contributed by atoms with Crippen LogP contribution in [0.2, 0.25) is 5.02 Å². The summed E-state index contributed by atoms with van der Waals surface area (Å²) in [6.45, 7) is -1.67. The number of aromatic nitrogens is 2. The molecule has 1 N–H and O–H groups in total. The molecule has 0 unspecified atom stereocenters. The molecule has 0 saturated carbocycles. The van der Waals surface area contributed by atoms with E-state index in [0.717, 1.165) is 0 Å². The molecule has 3 aromatic rings. The highest BCUT2D eigenvalue weighted by molar-refractivity contribution is 6.30. The zero-order valence-electron chi connectivity index (χ0n) is 16.5. The van der Waals surface area contributed by atoms with Crippen LogP contribution in [-0.2, 0) is 18.1 Å². The lowest BCUT2D eigenvalue weighted by atomic mass is 10.1. The van der Waals surface area contributed by atoms with E-state index >= 15 is 0 Å². The molecule has 11 heteroatoms. The van der Waals surface area contributed by atoms with E-state index in [9.17, 15) is 22.4 Å². The van der Waals surface area contributed by atoms with E-state index in [-0.39, 0.29) is 18.9 Å². The number of anilines is 1. The van der Waals surface area contributed by atoms with Crippen molar-refractivity contribution in [2.24, 2.45) is 0 Å². The molecule has 0 saturated heterocycles. The lowest BCUT2D eigenvalue weighted by molar-refractivity contribution is -0.168. The summed E-state index contributed by atoms with van der Waals surface area (Å²) in [5, 5.41) is 7.27. The molecule has 1 aromatic heterocycles. The van der Waals surface area contributed by atoms with Crippen molar-refractivity contribution in [2.75, 3.05) is 11.9 Å². The minimum absolute atomic E-state index is 0.0896. The Morgan fingerprint density at radius 1 is 1.19 bits per heavy atom. The van der Waals surface area contributed by atoms with Crippen LogP contribution < -0.4 is 10.1 Å². The Hall–Kier alpha value is -3.11. The van der Waals surface area contributed by atoms with Crippen LogP contribution in [0.3, 0.4) is 0 Å². The van der Waals surface area contributed by atoms with Gasteiger partial charge in [-0.05, 0) is 35.9 Å². The van der Waals surface area contributed by atoms with E-state index in [0.29, 0.717) is 22.0 Å². The Kier molecular flexibility index (Phi) is 7.70. The fourth-order valence-electron chi connectivity index (χ4n) is 2.57. The van der Waals surface area contributed by atoms with Gasteiger partial charge in [-0.2, -0.15) is 13.9 Å². The number of hydrogen-bond acceptors (Lipinski definition) is 4. The minimum atomic E-state index is -4.23. The van der Waals surface area contributed by atoms with Crippen molar-refractivity contribution in [3.05, 3.63) is 77.1 Å². The third-order valence-electron chi connectivity index (χ3n) is 4.12. The van der Waals surface area contributed by atoms with Crippen molar-refractivity contribution in [1.82, 2.24) is 9.78 Å². The van der Waals surface area contributed by atoms with Crippen molar-refractivity contribution in [3.8, 4) is 5.75 Å². The van der Waals surface area contributed by atoms with Crippen molar-refractivity contribution < 1.29 is 31.8 Å². The van der Waals surface area contributed by atoms with E-state index in [2.05, 4.69) is 15.2 Å². The Morgan fingerprint density at radius 3 is 2.72 bits per heavy atom. The maximum atomic E-state index is 12.9. The fourth-order valence-corrected chi connectivity index (χ4v) is 2.75. The van der Waals surface area contributed by atoms with Crippen LogP contribution in [-0.4, -0.2) is 34.6 Å². The van der Waals surface area contributed by atoms with Crippen LogP contribution in [0.5, 0.6) is 5.75 Å². The van der Waals surface area contributed by atoms with Gasteiger partial charge in [0.2, 0.25) is 0 Å². The Labute approximate surface area is 185 Å². The van der Waals surface area contributed by atoms with Crippen LogP contribution >= 0.6 is 11.6 Å². The summed E-state index contributed by atoms with van der Waals surface area (Å²) in [7, 11) is 0. The second kappa shape index (κ2) is 10.5. The zero-order chi connectivity index (χ0) is 23.1. The molecule has 0 radical (unpaired) electrons. The van der Waals surface area contributed by atoms with Crippen molar-refractivity contribution >= 4 is 23.2 Å². The second-order valence-corrected chi connectivity index (χ2v) is 7.14. The Morgan fingerprint density at radius 2 is 1.97 bits per heavy atom. The average molecular weight is 472 g/mol. The Balaban J connectivity index is 1.53. The number of amides is 1. The molecule has 0 aliphatic rings. The van der Waals surface area contributed by atoms with Crippen LogP contribution in [0.1, 0.15) is 15.9 Å². The molecular weight excluding hydrogens is 454 g/mol. The highest BCUT2D eigenvalue weighted by atomic mass is 35.5. The molecule has 0 atom stereocenters. The van der Waals surface area contributed by atoms with Crippen molar-refractivity contribution in [1.29, 1.82) is 0 Å². The first-order chi connectivity index (χ1) is 15.2. The average Bonchev–Trinajstić information content (AvgIpc) is 3.19. The molecule has 0 aliphatic carbocycles. The van der Waals surface area contributed by atoms with Gasteiger partial charge in [-0.25, -0.2) is 13.5 Å². The number of carbonyl (C=O) groups is 1. The molecule has 170 valence electrons. The summed E-state index contributed by atoms with van der Waals surface area (Å²) in [4.78, 5) is 12.5. The molecular formula is C21H18ClF4N3O3. The minimum Gasteiger partial charge on any atom is -0.471 e. The van der Waals surface area contributed by atoms with E-state index < -0.39 is 24.9 Å². The quantitative estimate of drug-likeness (QED) is 0.411. The predicted octanol–water partition coefficient (Wildman–Crippen LogP) is 5.24. The van der Waals surface area contributed by atoms with E-state index in [1.807, 2.05) is 0 Å². The summed E-state index contributed by atoms with van der Waals surface area (Å²) >= 11 is 5.90. The molecule has 0 fully saturated rings. The SMILES string of the molecule is O=C(Nc1cnn(COc2cccc(Cl)c2)c1)c1cccc(COCC(F)(F)C(F)F)c1. The molecule has 2 aromatic carbocycles. The zero-order valence-corrected chi connectivity index (χ0v) is 17.2. The highest BCUT2D eigenvalue weighted by Gasteiger charge is 2.40. The molecule has 1 amide bonds. The first-order valence-electron chi connectivity index (χ1n) is 9.28. The lowest BCUT2D eigenvalue weighted by Crippen LogP contribution is -2.32. The number of alkyl halides is 4. The van der Waals surface area contributed by atoms with Gasteiger partial charge in [0, 0.05) is 10.6 Å². The van der Waals surface area contributed by atoms with Gasteiger partial charge < -0.3 is 14.8 Å². The van der Waals surface area contributed by atoms with Gasteiger partial charge in [-0.15, -0.1) is 0 Å². The first kappa shape index (κ1) is 23.6. The summed E-state index contributed by atoms with van der Waals surface area (Å²) < 4.78 is 61.8. The monoisotopic (exact) mass is 471 g/mol. The van der Waals surface area contributed by atoms with Crippen LogP contribution in [0.15, 0.2) is 60.9 Å². The van der Waals surface area contributed by atoms with Crippen LogP contribution in [0.4, 0.5) is 23.2 Å². The molecule has 6 nitrogen and oxygen atoms in total. The Bertz CT molecular complexity index is 1060. The number of ether oxygens (including phenoxy) is 2. The molecule has 0 bridgehead atoms. The number of carbonyl (C=O) groups excluding carboxylic acids is 1. The van der Waals surface area contributed by atoms with E-state index in [4.69, 9.17) is 16.3 Å². The fraction of sp³-hybridized carbons (Fsp3) is 0.238. The lowest BCUT2D eigenvalue weighted by Gasteiger charge is -2.15. The van der Waals surface area contributed by atoms with Gasteiger partial charge in [-0.1, -0.05) is 29.8 Å². The summed E-state index contributed by atoms with van der Waals surface area (Å²) in [5.74, 6) is -4.14. The normalized spacial score (nSPS) is 11.6. The number of rotatable bonds is 10. The molecule has 1 heterocycles. The van der Waals surface area contributed by atoms with Gasteiger partial charge in [0.25, 0.3) is 5.91 Å². The van der Waals surface area contributed by atoms with Crippen molar-refractivity contribution in [2.45, 2.75) is 25.7 Å². The van der Waals surface area contributed by atoms with Gasteiger partial charge in [0.1, 0.15) is 12.4 Å². The van der Waals surface area contributed by atoms with Crippen molar-refractivity contribution in [3.63, 3.8) is 0 Å². The van der Waals surface area contributed by atoms with Crippen LogP contribution in [0.25, 0.3) is 0 Å². The maximum Gasteiger partial charge on any atom is 0.330 e. The third-order valence-corrected chi connectivity index (χ3v) is 4.36.